The van der Waals surface area contributed by atoms with E-state index in [1.54, 1.807) is 0 Å². The fourth-order valence-corrected chi connectivity index (χ4v) is 3.79. The van der Waals surface area contributed by atoms with Crippen molar-refractivity contribution in [2.24, 2.45) is 0 Å². The van der Waals surface area contributed by atoms with Crippen molar-refractivity contribution in [2.75, 3.05) is 19.8 Å². The Bertz CT molecular complexity index is 777. The van der Waals surface area contributed by atoms with Gasteiger partial charge in [0.1, 0.15) is 42.7 Å². The second-order valence-corrected chi connectivity index (χ2v) is 9.27. The van der Waals surface area contributed by atoms with Gasteiger partial charge in [-0.2, -0.15) is 0 Å². The third kappa shape index (κ3) is 9.02. The van der Waals surface area contributed by atoms with Crippen molar-refractivity contribution in [3.8, 4) is 0 Å². The smallest absolute Gasteiger partial charge is 0.411 e. The number of hydrogen-bond donors (Lipinski definition) is 8. The van der Waals surface area contributed by atoms with Gasteiger partial charge in [0.25, 0.3) is 0 Å². The number of aliphatic hydroxyl groups excluding tert-OH is 8. The van der Waals surface area contributed by atoms with E-state index in [1.807, 2.05) is 31.2 Å². The Hall–Kier alpha value is -0.0700. The van der Waals surface area contributed by atoms with Crippen LogP contribution < -0.4 is 29.6 Å². The Morgan fingerprint density at radius 3 is 2.17 bits per heavy atom. The van der Waals surface area contributed by atoms with Crippen LogP contribution >= 0.6 is 12.2 Å². The molecule has 0 bridgehead atoms. The fraction of sp³-hybridized carbons (Fsp3) is 0.667. The molecule has 8 N–H and O–H groups in total. The first-order valence-electron chi connectivity index (χ1n) is 10.6. The largest absolute Gasteiger partial charge is 1.00 e. The molecule has 0 aliphatic carbocycles. The second-order valence-electron chi connectivity index (χ2n) is 8.24. The van der Waals surface area contributed by atoms with E-state index in [-0.39, 0.29) is 47.0 Å². The molecule has 11 nitrogen and oxygen atoms in total. The van der Waals surface area contributed by atoms with Crippen LogP contribution in [0.3, 0.4) is 0 Å². The van der Waals surface area contributed by atoms with Crippen LogP contribution in [0.15, 0.2) is 24.3 Å². The molecule has 0 radical (unpaired) electrons. The molecule has 1 fully saturated rings. The minimum absolute atomic E-state index is 0. The van der Waals surface area contributed by atoms with Gasteiger partial charge in [-0.25, -0.2) is 0 Å². The summed E-state index contributed by atoms with van der Waals surface area (Å²) in [5, 5.41) is 80.3. The molecule has 194 valence electrons. The first-order chi connectivity index (χ1) is 16.0. The molecule has 1 aliphatic rings. The molecule has 0 aromatic heterocycles. The van der Waals surface area contributed by atoms with Gasteiger partial charge < -0.3 is 80.1 Å². The van der Waals surface area contributed by atoms with Crippen molar-refractivity contribution in [1.29, 1.82) is 0 Å². The van der Waals surface area contributed by atoms with Crippen molar-refractivity contribution in [1.82, 2.24) is 4.90 Å². The van der Waals surface area contributed by atoms with E-state index in [9.17, 15) is 40.9 Å². The molecule has 1 aliphatic heterocycles. The van der Waals surface area contributed by atoms with Gasteiger partial charge in [0.2, 0.25) is 0 Å². The van der Waals surface area contributed by atoms with Crippen LogP contribution in [0.1, 0.15) is 11.1 Å². The Balaban J connectivity index is 0.00000612. The molecule has 0 saturated carbocycles. The third-order valence-corrected chi connectivity index (χ3v) is 6.11. The zero-order valence-electron chi connectivity index (χ0n) is 19.5. The average Bonchev–Trinajstić information content (AvgIpc) is 2.82. The number of ether oxygens (including phenoxy) is 2. The van der Waals surface area contributed by atoms with Gasteiger partial charge in [-0.15, -0.1) is 0 Å². The summed E-state index contributed by atoms with van der Waals surface area (Å²) in [6, 6.07) is 7.51. The van der Waals surface area contributed by atoms with Gasteiger partial charge in [-0.1, -0.05) is 34.1 Å². The van der Waals surface area contributed by atoms with Gasteiger partial charge in [0.05, 0.1) is 19.3 Å². The van der Waals surface area contributed by atoms with Gasteiger partial charge in [-0.05, 0) is 12.5 Å². The summed E-state index contributed by atoms with van der Waals surface area (Å²) >= 11 is 10.2. The van der Waals surface area contributed by atoms with Crippen LogP contribution in [0.2, 0.25) is 0 Å². The van der Waals surface area contributed by atoms with E-state index in [4.69, 9.17) is 34.3 Å². The number of aryl methyl sites for hydroxylation is 1. The molecule has 1 aromatic carbocycles. The Labute approximate surface area is 236 Å². The minimum Gasteiger partial charge on any atom is -0.411 e. The van der Waals surface area contributed by atoms with Crippen LogP contribution in [0.5, 0.6) is 0 Å². The third-order valence-electron chi connectivity index (χ3n) is 5.60. The SMILES string of the molecule is Cc1ccc(CN(CC(O)C(O)C(OC2OC(CO)C(O)C(O)C2O)C(O)CO)C(=S)[S-])cc1.[Na+]. The molecule has 14 heteroatoms. The summed E-state index contributed by atoms with van der Waals surface area (Å²) in [7, 11) is 0. The zero-order valence-corrected chi connectivity index (χ0v) is 23.1. The standard InChI is InChI=1S/C21H33NO10S2.Na/c1-10-2-4-11(5-3-10)6-22(21(33)34)7-12(25)15(27)19(13(26)8-23)32-20-18(30)17(29)16(28)14(9-24)31-20;/h2-5,12-20,23-30H,6-9H2,1H3,(H,33,34);/q;+1/p-1. The molecule has 0 spiro atoms. The maximum absolute atomic E-state index is 10.7. The normalized spacial score (nSPS) is 27.9. The maximum atomic E-state index is 10.7. The predicted octanol–water partition coefficient (Wildman–Crippen LogP) is -6.11. The molecule has 1 aromatic rings. The number of hydrogen-bond acceptors (Lipinski definition) is 12. The first-order valence-corrected chi connectivity index (χ1v) is 11.4. The molecular weight excluding hydrogens is 513 g/mol. The Morgan fingerprint density at radius 1 is 1.06 bits per heavy atom. The summed E-state index contributed by atoms with van der Waals surface area (Å²) in [5.74, 6) is 0. The van der Waals surface area contributed by atoms with Crippen LogP contribution in [0.4, 0.5) is 0 Å². The molecule has 1 saturated heterocycles. The second kappa shape index (κ2) is 15.4. The summed E-state index contributed by atoms with van der Waals surface area (Å²) in [4.78, 5) is 1.46. The van der Waals surface area contributed by atoms with E-state index >= 15 is 0 Å². The van der Waals surface area contributed by atoms with E-state index in [1.165, 1.54) is 4.90 Å². The number of thiocarbonyl (C=S) groups is 1. The number of nitrogens with zero attached hydrogens (tertiary/aromatic N) is 1. The molecule has 9 atom stereocenters. The van der Waals surface area contributed by atoms with Crippen LogP contribution in [-0.4, -0.2) is 125 Å². The van der Waals surface area contributed by atoms with Crippen molar-refractivity contribution in [2.45, 2.75) is 68.6 Å². The van der Waals surface area contributed by atoms with Crippen LogP contribution in [0.25, 0.3) is 0 Å². The zero-order chi connectivity index (χ0) is 25.6. The summed E-state index contributed by atoms with van der Waals surface area (Å²) in [6.45, 7) is 0.338. The van der Waals surface area contributed by atoms with Crippen molar-refractivity contribution in [3.05, 3.63) is 35.4 Å². The van der Waals surface area contributed by atoms with Crippen molar-refractivity contribution < 1.29 is 79.9 Å². The maximum Gasteiger partial charge on any atom is 1.00 e. The van der Waals surface area contributed by atoms with Gasteiger partial charge in [0.15, 0.2) is 6.29 Å². The quantitative estimate of drug-likeness (QED) is 0.0748. The Morgan fingerprint density at radius 2 is 1.66 bits per heavy atom. The first kappa shape index (κ1) is 33.0. The van der Waals surface area contributed by atoms with E-state index in [0.717, 1.165) is 11.1 Å². The molecule has 0 amide bonds. The van der Waals surface area contributed by atoms with Crippen molar-refractivity contribution >= 4 is 29.2 Å². The molecule has 1 heterocycles. The monoisotopic (exact) mass is 545 g/mol. The number of benzene rings is 1. The van der Waals surface area contributed by atoms with Crippen molar-refractivity contribution in [3.63, 3.8) is 0 Å². The topological polar surface area (TPSA) is 184 Å². The molecule has 2 rings (SSSR count). The molecular formula is C21H32NNaO10S2. The summed E-state index contributed by atoms with van der Waals surface area (Å²) < 4.78 is 10.7. The van der Waals surface area contributed by atoms with Gasteiger partial charge >= 0.3 is 29.6 Å². The number of aliphatic hydroxyl groups is 8. The number of rotatable bonds is 11. The van der Waals surface area contributed by atoms with Crippen LogP contribution in [-0.2, 0) is 28.6 Å². The molecule has 35 heavy (non-hydrogen) atoms. The molecule has 9 unspecified atom stereocenters. The predicted molar refractivity (Wildman–Crippen MR) is 125 cm³/mol. The average molecular weight is 546 g/mol. The minimum atomic E-state index is -1.82. The van der Waals surface area contributed by atoms with E-state index < -0.39 is 68.3 Å². The van der Waals surface area contributed by atoms with E-state index in [0.29, 0.717) is 0 Å². The van der Waals surface area contributed by atoms with E-state index in [2.05, 4.69) is 0 Å². The Kier molecular flexibility index (Phi) is 14.5. The van der Waals surface area contributed by atoms with Gasteiger partial charge in [0, 0.05) is 13.1 Å². The van der Waals surface area contributed by atoms with Crippen LogP contribution in [0, 0.1) is 6.92 Å². The summed E-state index contributed by atoms with van der Waals surface area (Å²) in [5.41, 5.74) is 1.90. The fourth-order valence-electron chi connectivity index (χ4n) is 3.51. The summed E-state index contributed by atoms with van der Waals surface area (Å²) in [6.07, 6.45) is -15.0. The van der Waals surface area contributed by atoms with Gasteiger partial charge in [-0.3, -0.25) is 0 Å².